The highest BCUT2D eigenvalue weighted by Crippen LogP contribution is 2.25. The topological polar surface area (TPSA) is 153 Å². The molecule has 0 saturated heterocycles. The first-order chi connectivity index (χ1) is 15.8. The molecule has 0 fully saturated rings. The van der Waals surface area contributed by atoms with E-state index in [-0.39, 0.29) is 21.6 Å². The van der Waals surface area contributed by atoms with Gasteiger partial charge in [-0.1, -0.05) is 18.3 Å². The summed E-state index contributed by atoms with van der Waals surface area (Å²) in [7, 11) is -3.97. The van der Waals surface area contributed by atoms with Crippen molar-refractivity contribution in [2.24, 2.45) is 0 Å². The van der Waals surface area contributed by atoms with Crippen molar-refractivity contribution in [3.8, 4) is 5.88 Å². The molecule has 11 nitrogen and oxygen atoms in total. The third kappa shape index (κ3) is 6.57. The van der Waals surface area contributed by atoms with E-state index in [9.17, 15) is 23.3 Å². The van der Waals surface area contributed by atoms with Crippen LogP contribution >= 0.6 is 11.3 Å². The van der Waals surface area contributed by atoms with Crippen LogP contribution in [0.3, 0.4) is 0 Å². The fourth-order valence-corrected chi connectivity index (χ4v) is 4.21. The maximum Gasteiger partial charge on any atom is 0.324 e. The number of aromatic nitrogens is 2. The lowest BCUT2D eigenvalue weighted by Crippen LogP contribution is -2.16. The molecule has 1 amide bonds. The molecule has 33 heavy (non-hydrogen) atoms. The SMILES string of the molecule is CCCOc1nccnc1NS(=O)(=O)c1ccc(NC(=O)/C=C/c2ccc([N+](=O)[O-])s2)cc1. The van der Waals surface area contributed by atoms with E-state index in [1.807, 2.05) is 6.92 Å². The zero-order chi connectivity index (χ0) is 23.8. The Morgan fingerprint density at radius 3 is 2.58 bits per heavy atom. The van der Waals surface area contributed by atoms with Gasteiger partial charge in [0.25, 0.3) is 15.9 Å². The summed E-state index contributed by atoms with van der Waals surface area (Å²) in [4.78, 5) is 30.8. The van der Waals surface area contributed by atoms with Gasteiger partial charge in [0.15, 0.2) is 0 Å². The van der Waals surface area contributed by atoms with Crippen molar-refractivity contribution < 1.29 is 22.9 Å². The summed E-state index contributed by atoms with van der Waals surface area (Å²) in [5.41, 5.74) is 0.368. The highest BCUT2D eigenvalue weighted by molar-refractivity contribution is 7.92. The Balaban J connectivity index is 1.65. The lowest BCUT2D eigenvalue weighted by atomic mass is 10.3. The summed E-state index contributed by atoms with van der Waals surface area (Å²) < 4.78 is 33.1. The van der Waals surface area contributed by atoms with E-state index in [1.54, 1.807) is 0 Å². The number of amides is 1. The van der Waals surface area contributed by atoms with Crippen molar-refractivity contribution in [1.82, 2.24) is 9.97 Å². The van der Waals surface area contributed by atoms with Gasteiger partial charge in [0.05, 0.1) is 16.4 Å². The molecule has 0 unspecified atom stereocenters. The maximum atomic E-state index is 12.7. The molecule has 0 aliphatic carbocycles. The van der Waals surface area contributed by atoms with Crippen molar-refractivity contribution in [3.05, 3.63) is 69.9 Å². The van der Waals surface area contributed by atoms with Crippen LogP contribution in [0.5, 0.6) is 5.88 Å². The van der Waals surface area contributed by atoms with Gasteiger partial charge in [0, 0.05) is 35.1 Å². The van der Waals surface area contributed by atoms with Gasteiger partial charge in [-0.15, -0.1) is 0 Å². The molecule has 1 aromatic carbocycles. The van der Waals surface area contributed by atoms with Crippen LogP contribution in [0.25, 0.3) is 6.08 Å². The predicted octanol–water partition coefficient (Wildman–Crippen LogP) is 3.69. The predicted molar refractivity (Wildman–Crippen MR) is 124 cm³/mol. The van der Waals surface area contributed by atoms with Crippen molar-refractivity contribution in [3.63, 3.8) is 0 Å². The molecule has 13 heteroatoms. The van der Waals surface area contributed by atoms with Crippen molar-refractivity contribution >= 4 is 49.8 Å². The van der Waals surface area contributed by atoms with Gasteiger partial charge >= 0.3 is 5.00 Å². The van der Waals surface area contributed by atoms with E-state index in [2.05, 4.69) is 20.0 Å². The minimum atomic E-state index is -3.97. The molecular formula is C20H19N5O6S2. The van der Waals surface area contributed by atoms with E-state index in [0.717, 1.165) is 17.8 Å². The first kappa shape index (κ1) is 23.8. The second-order valence-electron chi connectivity index (χ2n) is 6.44. The normalized spacial score (nSPS) is 11.3. The molecule has 0 spiro atoms. The van der Waals surface area contributed by atoms with Gasteiger partial charge in [0.2, 0.25) is 11.7 Å². The molecule has 3 aromatic rings. The van der Waals surface area contributed by atoms with Crippen LogP contribution in [-0.4, -0.2) is 35.8 Å². The van der Waals surface area contributed by atoms with Crippen LogP contribution in [0.4, 0.5) is 16.5 Å². The van der Waals surface area contributed by atoms with Crippen LogP contribution in [0, 0.1) is 10.1 Å². The van der Waals surface area contributed by atoms with Gasteiger partial charge in [0.1, 0.15) is 0 Å². The number of nitrogens with zero attached hydrogens (tertiary/aromatic N) is 3. The first-order valence-electron chi connectivity index (χ1n) is 9.58. The zero-order valence-electron chi connectivity index (χ0n) is 17.3. The molecule has 2 N–H and O–H groups in total. The highest BCUT2D eigenvalue weighted by atomic mass is 32.2. The van der Waals surface area contributed by atoms with E-state index in [1.165, 1.54) is 60.9 Å². The Bertz CT molecular complexity index is 1270. The molecule has 0 aliphatic rings. The van der Waals surface area contributed by atoms with Crippen LogP contribution in [0.2, 0.25) is 0 Å². The first-order valence-corrected chi connectivity index (χ1v) is 11.9. The van der Waals surface area contributed by atoms with Crippen molar-refractivity contribution in [2.75, 3.05) is 16.6 Å². The number of hydrogen-bond acceptors (Lipinski definition) is 9. The van der Waals surface area contributed by atoms with E-state index < -0.39 is 20.9 Å². The van der Waals surface area contributed by atoms with Crippen LogP contribution < -0.4 is 14.8 Å². The zero-order valence-corrected chi connectivity index (χ0v) is 18.9. The molecular weight excluding hydrogens is 470 g/mol. The molecule has 0 radical (unpaired) electrons. The molecule has 0 saturated carbocycles. The molecule has 0 aliphatic heterocycles. The van der Waals surface area contributed by atoms with Crippen LogP contribution in [0.1, 0.15) is 18.2 Å². The van der Waals surface area contributed by atoms with Crippen molar-refractivity contribution in [1.29, 1.82) is 0 Å². The molecule has 0 atom stereocenters. The van der Waals surface area contributed by atoms with E-state index in [0.29, 0.717) is 17.2 Å². The van der Waals surface area contributed by atoms with Crippen LogP contribution in [0.15, 0.2) is 59.8 Å². The number of anilines is 2. The average molecular weight is 490 g/mol. The molecule has 0 bridgehead atoms. The summed E-state index contributed by atoms with van der Waals surface area (Å²) in [6, 6.07) is 8.41. The summed E-state index contributed by atoms with van der Waals surface area (Å²) >= 11 is 0.942. The summed E-state index contributed by atoms with van der Waals surface area (Å²) in [6.45, 7) is 2.27. The van der Waals surface area contributed by atoms with Gasteiger partial charge in [-0.3, -0.25) is 19.6 Å². The third-order valence-corrected chi connectivity index (χ3v) is 6.32. The van der Waals surface area contributed by atoms with Gasteiger partial charge in [-0.05, 0) is 42.8 Å². The number of rotatable bonds is 10. The Morgan fingerprint density at radius 2 is 1.91 bits per heavy atom. The Hall–Kier alpha value is -3.84. The van der Waals surface area contributed by atoms with E-state index in [4.69, 9.17) is 4.74 Å². The van der Waals surface area contributed by atoms with Gasteiger partial charge < -0.3 is 10.1 Å². The Labute approximate surface area is 193 Å². The van der Waals surface area contributed by atoms with Crippen molar-refractivity contribution in [2.45, 2.75) is 18.2 Å². The maximum absolute atomic E-state index is 12.7. The number of hydrogen-bond donors (Lipinski definition) is 2. The smallest absolute Gasteiger partial charge is 0.324 e. The van der Waals surface area contributed by atoms with Gasteiger partial charge in [-0.25, -0.2) is 18.4 Å². The Morgan fingerprint density at radius 1 is 1.18 bits per heavy atom. The number of carbonyl (C=O) groups excluding carboxylic acids is 1. The number of nitro groups is 1. The second-order valence-corrected chi connectivity index (χ2v) is 9.22. The number of carbonyl (C=O) groups is 1. The summed E-state index contributed by atoms with van der Waals surface area (Å²) in [6.07, 6.45) is 6.15. The number of sulfonamides is 1. The largest absolute Gasteiger partial charge is 0.475 e. The number of thiophene rings is 1. The minimum absolute atomic E-state index is 0.0222. The molecule has 2 heterocycles. The standard InChI is InChI=1S/C20H19N5O6S2/c1-2-13-31-20-19(21-11-12-22-20)24-33(29,30)16-7-3-14(4-8-16)23-17(26)9-5-15-6-10-18(32-15)25(27)28/h3-12H,2,13H2,1H3,(H,21,24)(H,23,26)/b9-5+. The lowest BCUT2D eigenvalue weighted by Gasteiger charge is -2.11. The number of nitrogens with one attached hydrogen (secondary N) is 2. The molecule has 3 rings (SSSR count). The van der Waals surface area contributed by atoms with E-state index >= 15 is 0 Å². The summed E-state index contributed by atoms with van der Waals surface area (Å²) in [5.74, 6) is -0.422. The fraction of sp³-hybridized carbons (Fsp3) is 0.150. The Kier molecular flexibility index (Phi) is 7.69. The lowest BCUT2D eigenvalue weighted by molar-refractivity contribution is -0.380. The molecule has 2 aromatic heterocycles. The minimum Gasteiger partial charge on any atom is -0.475 e. The monoisotopic (exact) mass is 489 g/mol. The van der Waals surface area contributed by atoms with Crippen LogP contribution in [-0.2, 0) is 14.8 Å². The number of ether oxygens (including phenoxy) is 1. The van der Waals surface area contributed by atoms with Gasteiger partial charge in [-0.2, -0.15) is 0 Å². The molecule has 172 valence electrons. The summed E-state index contributed by atoms with van der Waals surface area (Å²) in [5, 5.41) is 13.3. The average Bonchev–Trinajstić information content (AvgIpc) is 3.27. The quantitative estimate of drug-likeness (QED) is 0.248. The fourth-order valence-electron chi connectivity index (χ4n) is 2.47. The second kappa shape index (κ2) is 10.7. The highest BCUT2D eigenvalue weighted by Gasteiger charge is 2.18. The third-order valence-electron chi connectivity index (χ3n) is 3.96. The number of benzene rings is 1.